The molecule has 1 heterocycles. The molecule has 3 amide bonds. The van der Waals surface area contributed by atoms with Crippen LogP contribution in [0.4, 0.5) is 10.8 Å². The first-order valence-corrected chi connectivity index (χ1v) is 19.8. The Balaban J connectivity index is 1.10. The van der Waals surface area contributed by atoms with E-state index in [4.69, 9.17) is 0 Å². The first-order chi connectivity index (χ1) is 26.9. The SMILES string of the molecule is O=C(Nc1cccc(SC(C(=O)Nc2nc(-c3ccc(Br)cc3)cs2)c2ccccc2)c1)/C(=C\c1ccc(-c2ccccc2)cc1)NC(=O)c1ccccc1. The van der Waals surface area contributed by atoms with Gasteiger partial charge >= 0.3 is 0 Å². The number of anilines is 2. The molecule has 3 N–H and O–H groups in total. The Labute approximate surface area is 335 Å². The lowest BCUT2D eigenvalue weighted by Crippen LogP contribution is -2.30. The van der Waals surface area contributed by atoms with Gasteiger partial charge in [0.2, 0.25) is 5.91 Å². The fraction of sp³-hybridized carbons (Fsp3) is 0.0222. The quantitative estimate of drug-likeness (QED) is 0.0842. The van der Waals surface area contributed by atoms with Crippen molar-refractivity contribution in [2.75, 3.05) is 10.6 Å². The monoisotopic (exact) mass is 820 g/mol. The maximum absolute atomic E-state index is 13.9. The van der Waals surface area contributed by atoms with Crippen molar-refractivity contribution in [3.8, 4) is 22.4 Å². The molecule has 0 aliphatic carbocycles. The van der Waals surface area contributed by atoms with Gasteiger partial charge < -0.3 is 16.0 Å². The van der Waals surface area contributed by atoms with Gasteiger partial charge in [-0.15, -0.1) is 23.1 Å². The number of aromatic nitrogens is 1. The Hall–Kier alpha value is -6.07. The lowest BCUT2D eigenvalue weighted by molar-refractivity contribution is -0.116. The van der Waals surface area contributed by atoms with Crippen molar-refractivity contribution in [3.05, 3.63) is 196 Å². The number of nitrogens with zero attached hydrogens (tertiary/aromatic N) is 1. The van der Waals surface area contributed by atoms with Crippen LogP contribution in [0.2, 0.25) is 0 Å². The number of carbonyl (C=O) groups is 3. The van der Waals surface area contributed by atoms with Crippen LogP contribution in [-0.4, -0.2) is 22.7 Å². The summed E-state index contributed by atoms with van der Waals surface area (Å²) in [6.45, 7) is 0. The molecule has 0 saturated carbocycles. The summed E-state index contributed by atoms with van der Waals surface area (Å²) >= 11 is 6.19. The Kier molecular flexibility index (Phi) is 12.1. The second-order valence-electron chi connectivity index (χ2n) is 12.3. The van der Waals surface area contributed by atoms with Gasteiger partial charge in [0.15, 0.2) is 5.13 Å². The number of carbonyl (C=O) groups excluding carboxylic acids is 3. The minimum Gasteiger partial charge on any atom is -0.321 e. The maximum atomic E-state index is 13.9. The molecule has 0 aliphatic rings. The van der Waals surface area contributed by atoms with E-state index < -0.39 is 17.1 Å². The minimum absolute atomic E-state index is 0.0758. The van der Waals surface area contributed by atoms with Crippen LogP contribution in [0.1, 0.15) is 26.7 Å². The van der Waals surface area contributed by atoms with Crippen LogP contribution >= 0.6 is 39.0 Å². The second-order valence-corrected chi connectivity index (χ2v) is 15.2. The third-order valence-electron chi connectivity index (χ3n) is 8.42. The molecule has 1 atom stereocenters. The van der Waals surface area contributed by atoms with E-state index in [9.17, 15) is 14.4 Å². The lowest BCUT2D eigenvalue weighted by Gasteiger charge is -2.17. The minimum atomic E-state index is -0.619. The molecule has 0 saturated heterocycles. The molecule has 0 bridgehead atoms. The Morgan fingerprint density at radius 2 is 1.31 bits per heavy atom. The molecule has 7 rings (SSSR count). The standard InChI is InChI=1S/C45H33BrN4O3S2/c46-36-25-23-33(24-26-36)40-29-54-45(49-40)50-44(53)41(34-13-6-2-7-14-34)55-38-18-10-17-37(28-38)47-43(52)39(48-42(51)35-15-8-3-9-16-35)27-30-19-21-32(22-20-30)31-11-4-1-5-12-31/h1-29,41H,(H,47,52)(H,48,51)(H,49,50,53)/b39-27+. The number of halogens is 1. The van der Waals surface area contributed by atoms with Gasteiger partial charge in [-0.2, -0.15) is 0 Å². The Bertz CT molecular complexity index is 2440. The second kappa shape index (κ2) is 17.8. The maximum Gasteiger partial charge on any atom is 0.272 e. The first kappa shape index (κ1) is 37.3. The van der Waals surface area contributed by atoms with Gasteiger partial charge in [0, 0.05) is 31.6 Å². The number of nitrogens with one attached hydrogen (secondary N) is 3. The van der Waals surface area contributed by atoms with Crippen LogP contribution in [0.5, 0.6) is 0 Å². The third kappa shape index (κ3) is 9.93. The number of hydrogen-bond acceptors (Lipinski definition) is 6. The molecule has 0 fully saturated rings. The van der Waals surface area contributed by atoms with Gasteiger partial charge in [-0.3, -0.25) is 14.4 Å². The van der Waals surface area contributed by atoms with Crippen LogP contribution in [0.3, 0.4) is 0 Å². The highest BCUT2D eigenvalue weighted by molar-refractivity contribution is 9.10. The van der Waals surface area contributed by atoms with Gasteiger partial charge in [0.25, 0.3) is 11.8 Å². The molecule has 0 radical (unpaired) electrons. The largest absolute Gasteiger partial charge is 0.321 e. The van der Waals surface area contributed by atoms with E-state index in [1.165, 1.54) is 23.1 Å². The molecular formula is C45H33BrN4O3S2. The van der Waals surface area contributed by atoms with Crippen LogP contribution in [-0.2, 0) is 9.59 Å². The smallest absolute Gasteiger partial charge is 0.272 e. The summed E-state index contributed by atoms with van der Waals surface area (Å²) in [5, 5.41) is 10.6. The van der Waals surface area contributed by atoms with Crippen molar-refractivity contribution in [2.24, 2.45) is 0 Å². The van der Waals surface area contributed by atoms with Crippen LogP contribution in [0.25, 0.3) is 28.5 Å². The van der Waals surface area contributed by atoms with Gasteiger partial charge in [-0.1, -0.05) is 137 Å². The average molecular weight is 822 g/mol. The summed E-state index contributed by atoms with van der Waals surface area (Å²) in [4.78, 5) is 46.4. The van der Waals surface area contributed by atoms with Crippen molar-refractivity contribution in [1.29, 1.82) is 0 Å². The zero-order valence-electron chi connectivity index (χ0n) is 29.2. The van der Waals surface area contributed by atoms with E-state index >= 15 is 0 Å². The fourth-order valence-electron chi connectivity index (χ4n) is 5.65. The van der Waals surface area contributed by atoms with Gasteiger partial charge in [-0.05, 0) is 70.8 Å². The van der Waals surface area contributed by atoms with Crippen LogP contribution in [0, 0.1) is 0 Å². The van der Waals surface area contributed by atoms with Crippen molar-refractivity contribution in [2.45, 2.75) is 10.1 Å². The highest BCUT2D eigenvalue weighted by Crippen LogP contribution is 2.38. The zero-order chi connectivity index (χ0) is 38.0. The summed E-state index contributed by atoms with van der Waals surface area (Å²) in [6.07, 6.45) is 1.65. The molecule has 7 nitrogen and oxygen atoms in total. The van der Waals surface area contributed by atoms with E-state index in [2.05, 4.69) is 36.9 Å². The van der Waals surface area contributed by atoms with E-state index in [0.29, 0.717) is 16.4 Å². The van der Waals surface area contributed by atoms with Crippen LogP contribution < -0.4 is 16.0 Å². The van der Waals surface area contributed by atoms with Crippen molar-refractivity contribution < 1.29 is 14.4 Å². The predicted molar refractivity (Wildman–Crippen MR) is 228 cm³/mol. The Morgan fingerprint density at radius 3 is 2.02 bits per heavy atom. The molecule has 10 heteroatoms. The number of benzene rings is 6. The van der Waals surface area contributed by atoms with Gasteiger partial charge in [0.05, 0.1) is 5.69 Å². The first-order valence-electron chi connectivity index (χ1n) is 17.3. The third-order valence-corrected chi connectivity index (χ3v) is 11.0. The lowest BCUT2D eigenvalue weighted by atomic mass is 10.0. The number of rotatable bonds is 12. The molecule has 7 aromatic rings. The highest BCUT2D eigenvalue weighted by atomic mass is 79.9. The molecule has 55 heavy (non-hydrogen) atoms. The summed E-state index contributed by atoms with van der Waals surface area (Å²) in [6, 6.07) is 51.2. The Morgan fingerprint density at radius 1 is 0.673 bits per heavy atom. The summed E-state index contributed by atoms with van der Waals surface area (Å²) in [5.41, 5.74) is 6.39. The molecule has 1 unspecified atom stereocenters. The molecule has 1 aromatic heterocycles. The normalized spacial score (nSPS) is 11.7. The molecular weight excluding hydrogens is 789 g/mol. The van der Waals surface area contributed by atoms with Crippen LogP contribution in [0.15, 0.2) is 184 Å². The highest BCUT2D eigenvalue weighted by Gasteiger charge is 2.24. The number of hydrogen-bond donors (Lipinski definition) is 3. The number of thioether (sulfide) groups is 1. The summed E-state index contributed by atoms with van der Waals surface area (Å²) in [7, 11) is 0. The van der Waals surface area contributed by atoms with E-state index in [1.54, 1.807) is 36.4 Å². The summed E-state index contributed by atoms with van der Waals surface area (Å²) < 4.78 is 0.975. The van der Waals surface area contributed by atoms with Crippen molar-refractivity contribution >= 4 is 73.6 Å². The van der Waals surface area contributed by atoms with E-state index in [0.717, 1.165) is 42.9 Å². The van der Waals surface area contributed by atoms with E-state index in [1.807, 2.05) is 139 Å². The molecule has 6 aromatic carbocycles. The number of thiazole rings is 1. The molecule has 0 aliphatic heterocycles. The number of amides is 3. The zero-order valence-corrected chi connectivity index (χ0v) is 32.4. The predicted octanol–water partition coefficient (Wildman–Crippen LogP) is 11.1. The summed E-state index contributed by atoms with van der Waals surface area (Å²) in [5.74, 6) is -1.14. The topological polar surface area (TPSA) is 100 Å². The van der Waals surface area contributed by atoms with E-state index in [-0.39, 0.29) is 11.6 Å². The molecule has 270 valence electrons. The van der Waals surface area contributed by atoms with Crippen molar-refractivity contribution in [3.63, 3.8) is 0 Å². The average Bonchev–Trinajstić information content (AvgIpc) is 3.69. The van der Waals surface area contributed by atoms with Crippen molar-refractivity contribution in [1.82, 2.24) is 10.3 Å². The molecule has 0 spiro atoms. The van der Waals surface area contributed by atoms with Gasteiger partial charge in [-0.25, -0.2) is 4.98 Å². The van der Waals surface area contributed by atoms with Gasteiger partial charge in [0.1, 0.15) is 10.9 Å². The fourth-order valence-corrected chi connectivity index (χ4v) is 7.72.